The Balaban J connectivity index is 2.03. The fourth-order valence-electron chi connectivity index (χ4n) is 1.79. The van der Waals surface area contributed by atoms with Gasteiger partial charge in [-0.3, -0.25) is 4.79 Å². The number of halogens is 1. The summed E-state index contributed by atoms with van der Waals surface area (Å²) in [6, 6.07) is 6.09. The van der Waals surface area contributed by atoms with E-state index in [4.69, 9.17) is 0 Å². The van der Waals surface area contributed by atoms with Crippen molar-refractivity contribution in [3.63, 3.8) is 0 Å². The second-order valence-electron chi connectivity index (χ2n) is 4.19. The van der Waals surface area contributed by atoms with Crippen molar-refractivity contribution in [2.24, 2.45) is 5.92 Å². The molecule has 0 saturated carbocycles. The molecular formula is C12H15FN2O. The van der Waals surface area contributed by atoms with E-state index in [1.165, 1.54) is 12.1 Å². The minimum Gasteiger partial charge on any atom is -0.341 e. The Kier molecular flexibility index (Phi) is 3.19. The summed E-state index contributed by atoms with van der Waals surface area (Å²) in [6.07, 6.45) is 0. The van der Waals surface area contributed by atoms with Crippen molar-refractivity contribution >= 4 is 5.91 Å². The molecule has 0 unspecified atom stereocenters. The normalized spacial score (nSPS) is 15.6. The van der Waals surface area contributed by atoms with E-state index in [-0.39, 0.29) is 11.5 Å². The van der Waals surface area contributed by atoms with E-state index in [0.717, 1.165) is 13.1 Å². The lowest BCUT2D eigenvalue weighted by molar-refractivity contribution is 0.0751. The summed E-state index contributed by atoms with van der Waals surface area (Å²) in [4.78, 5) is 13.5. The van der Waals surface area contributed by atoms with Crippen molar-refractivity contribution in [3.8, 4) is 0 Å². The fraction of sp³-hybridized carbons (Fsp3) is 0.417. The zero-order valence-corrected chi connectivity index (χ0v) is 9.24. The van der Waals surface area contributed by atoms with Crippen LogP contribution >= 0.6 is 0 Å². The molecule has 1 fully saturated rings. The molecule has 4 heteroatoms. The predicted octanol–water partition coefficient (Wildman–Crippen LogP) is 1.12. The van der Waals surface area contributed by atoms with Crippen molar-refractivity contribution in [1.82, 2.24) is 10.2 Å². The van der Waals surface area contributed by atoms with Gasteiger partial charge in [-0.1, -0.05) is 12.1 Å². The van der Waals surface area contributed by atoms with Crippen LogP contribution in [0.25, 0.3) is 0 Å². The van der Waals surface area contributed by atoms with Gasteiger partial charge in [0.05, 0.1) is 5.56 Å². The van der Waals surface area contributed by atoms with Crippen molar-refractivity contribution < 1.29 is 9.18 Å². The molecule has 1 N–H and O–H groups in total. The lowest BCUT2D eigenvalue weighted by Gasteiger charge is -2.31. The van der Waals surface area contributed by atoms with E-state index >= 15 is 0 Å². The molecule has 1 aromatic rings. The van der Waals surface area contributed by atoms with Gasteiger partial charge in [0, 0.05) is 32.6 Å². The van der Waals surface area contributed by atoms with Crippen LogP contribution in [0.15, 0.2) is 24.3 Å². The summed E-state index contributed by atoms with van der Waals surface area (Å²) in [7, 11) is 1.72. The van der Waals surface area contributed by atoms with Gasteiger partial charge in [0.15, 0.2) is 0 Å². The molecule has 16 heavy (non-hydrogen) atoms. The van der Waals surface area contributed by atoms with E-state index in [2.05, 4.69) is 5.32 Å². The Bertz CT molecular complexity index is 390. The number of carbonyl (C=O) groups is 1. The zero-order chi connectivity index (χ0) is 11.5. The molecule has 0 aliphatic carbocycles. The Morgan fingerprint density at radius 2 is 2.19 bits per heavy atom. The van der Waals surface area contributed by atoms with Gasteiger partial charge in [0.25, 0.3) is 5.91 Å². The first-order chi connectivity index (χ1) is 7.68. The van der Waals surface area contributed by atoms with E-state index in [1.807, 2.05) is 0 Å². The number of nitrogens with zero attached hydrogens (tertiary/aromatic N) is 1. The summed E-state index contributed by atoms with van der Waals surface area (Å²) < 4.78 is 13.4. The molecule has 0 aromatic heterocycles. The van der Waals surface area contributed by atoms with Crippen LogP contribution < -0.4 is 5.32 Å². The molecule has 86 valence electrons. The van der Waals surface area contributed by atoms with E-state index in [1.54, 1.807) is 24.1 Å². The average Bonchev–Trinajstić information content (AvgIpc) is 2.23. The number of carbonyl (C=O) groups excluding carboxylic acids is 1. The highest BCUT2D eigenvalue weighted by atomic mass is 19.1. The monoisotopic (exact) mass is 222 g/mol. The molecule has 0 radical (unpaired) electrons. The summed E-state index contributed by atoms with van der Waals surface area (Å²) in [5, 5.41) is 3.14. The zero-order valence-electron chi connectivity index (χ0n) is 9.24. The Morgan fingerprint density at radius 3 is 2.75 bits per heavy atom. The van der Waals surface area contributed by atoms with Crippen molar-refractivity contribution in [2.75, 3.05) is 26.7 Å². The van der Waals surface area contributed by atoms with Gasteiger partial charge in [0.2, 0.25) is 0 Å². The minimum atomic E-state index is -0.453. The van der Waals surface area contributed by atoms with Crippen LogP contribution in [0, 0.1) is 11.7 Å². The smallest absolute Gasteiger partial charge is 0.256 e. The molecule has 1 aliphatic rings. The largest absolute Gasteiger partial charge is 0.341 e. The van der Waals surface area contributed by atoms with Crippen molar-refractivity contribution in [3.05, 3.63) is 35.6 Å². The highest BCUT2D eigenvalue weighted by molar-refractivity contribution is 5.94. The number of nitrogens with one attached hydrogen (secondary N) is 1. The minimum absolute atomic E-state index is 0.150. The number of rotatable bonds is 3. The van der Waals surface area contributed by atoms with Gasteiger partial charge < -0.3 is 10.2 Å². The third-order valence-electron chi connectivity index (χ3n) is 2.85. The van der Waals surface area contributed by atoms with Gasteiger partial charge in [-0.05, 0) is 12.1 Å². The first-order valence-corrected chi connectivity index (χ1v) is 5.39. The standard InChI is InChI=1S/C12H15FN2O/c1-15(8-9-6-14-7-9)12(16)10-4-2-3-5-11(10)13/h2-5,9,14H,6-8H2,1H3. The second-order valence-corrected chi connectivity index (χ2v) is 4.19. The number of hydrogen-bond donors (Lipinski definition) is 1. The Morgan fingerprint density at radius 1 is 1.50 bits per heavy atom. The highest BCUT2D eigenvalue weighted by Gasteiger charge is 2.22. The van der Waals surface area contributed by atoms with Gasteiger partial charge in [0.1, 0.15) is 5.82 Å². The molecule has 0 spiro atoms. The lowest BCUT2D eigenvalue weighted by atomic mass is 10.0. The van der Waals surface area contributed by atoms with Crippen LogP contribution in [-0.2, 0) is 0 Å². The summed E-state index contributed by atoms with van der Waals surface area (Å²) >= 11 is 0. The molecule has 2 rings (SSSR count). The van der Waals surface area contributed by atoms with E-state index in [0.29, 0.717) is 12.5 Å². The first kappa shape index (κ1) is 11.1. The maximum Gasteiger partial charge on any atom is 0.256 e. The average molecular weight is 222 g/mol. The second kappa shape index (κ2) is 4.61. The first-order valence-electron chi connectivity index (χ1n) is 5.39. The van der Waals surface area contributed by atoms with Gasteiger partial charge in [-0.15, -0.1) is 0 Å². The highest BCUT2D eigenvalue weighted by Crippen LogP contribution is 2.11. The lowest BCUT2D eigenvalue weighted by Crippen LogP contribution is -2.48. The quantitative estimate of drug-likeness (QED) is 0.831. The number of benzene rings is 1. The summed E-state index contributed by atoms with van der Waals surface area (Å²) in [5.74, 6) is -0.197. The Hall–Kier alpha value is -1.42. The van der Waals surface area contributed by atoms with Crippen LogP contribution in [0.2, 0.25) is 0 Å². The van der Waals surface area contributed by atoms with Crippen LogP contribution in [0.5, 0.6) is 0 Å². The topological polar surface area (TPSA) is 32.3 Å². The maximum absolute atomic E-state index is 13.4. The molecule has 1 aromatic carbocycles. The van der Waals surface area contributed by atoms with Crippen LogP contribution in [0.4, 0.5) is 4.39 Å². The van der Waals surface area contributed by atoms with Crippen molar-refractivity contribution in [2.45, 2.75) is 0 Å². The molecule has 1 heterocycles. The molecule has 0 bridgehead atoms. The molecule has 3 nitrogen and oxygen atoms in total. The van der Waals surface area contributed by atoms with Crippen molar-refractivity contribution in [1.29, 1.82) is 0 Å². The molecule has 1 saturated heterocycles. The number of amides is 1. The van der Waals surface area contributed by atoms with E-state index in [9.17, 15) is 9.18 Å². The van der Waals surface area contributed by atoms with E-state index < -0.39 is 5.82 Å². The van der Waals surface area contributed by atoms with Gasteiger partial charge in [-0.2, -0.15) is 0 Å². The third kappa shape index (κ3) is 2.22. The molecular weight excluding hydrogens is 207 g/mol. The maximum atomic E-state index is 13.4. The third-order valence-corrected chi connectivity index (χ3v) is 2.85. The van der Waals surface area contributed by atoms with Gasteiger partial charge >= 0.3 is 0 Å². The fourth-order valence-corrected chi connectivity index (χ4v) is 1.79. The SMILES string of the molecule is CN(CC1CNC1)C(=O)c1ccccc1F. The van der Waals surface area contributed by atoms with Crippen LogP contribution in [0.3, 0.4) is 0 Å². The Labute approximate surface area is 94.3 Å². The summed E-state index contributed by atoms with van der Waals surface area (Å²) in [6.45, 7) is 2.56. The number of hydrogen-bond acceptors (Lipinski definition) is 2. The molecule has 1 aliphatic heterocycles. The summed E-state index contributed by atoms with van der Waals surface area (Å²) in [5.41, 5.74) is 0.150. The van der Waals surface area contributed by atoms with Crippen LogP contribution in [0.1, 0.15) is 10.4 Å². The van der Waals surface area contributed by atoms with Crippen LogP contribution in [-0.4, -0.2) is 37.5 Å². The molecule has 0 atom stereocenters. The molecule has 1 amide bonds. The predicted molar refractivity (Wildman–Crippen MR) is 59.7 cm³/mol. The van der Waals surface area contributed by atoms with Gasteiger partial charge in [-0.25, -0.2) is 4.39 Å².